The minimum atomic E-state index is -0.950. The van der Waals surface area contributed by atoms with Crippen molar-refractivity contribution >= 4 is 28.9 Å². The number of halogens is 2. The molecule has 1 fully saturated rings. The number of benzene rings is 2. The Kier molecular flexibility index (Phi) is 5.17. The van der Waals surface area contributed by atoms with Gasteiger partial charge in [0, 0.05) is 35.8 Å². The highest BCUT2D eigenvalue weighted by Gasteiger charge is 2.34. The zero-order chi connectivity index (χ0) is 19.7. The largest absolute Gasteiger partial charge is 0.490 e. The van der Waals surface area contributed by atoms with Crippen molar-refractivity contribution in [2.45, 2.75) is 31.3 Å². The van der Waals surface area contributed by atoms with Crippen molar-refractivity contribution in [2.24, 2.45) is 0 Å². The normalized spacial score (nSPS) is 18.4. The Morgan fingerprint density at radius 1 is 1.21 bits per heavy atom. The molecule has 0 aliphatic carbocycles. The molecule has 5 nitrogen and oxygen atoms in total. The summed E-state index contributed by atoms with van der Waals surface area (Å²) in [5, 5.41) is 14.2. The zero-order valence-electron chi connectivity index (χ0n) is 15.4. The first-order valence-electron chi connectivity index (χ1n) is 9.40. The Morgan fingerprint density at radius 2 is 2.00 bits per heavy atom. The molecule has 4 rings (SSSR count). The van der Waals surface area contributed by atoms with Gasteiger partial charge in [-0.25, -0.2) is 4.39 Å². The van der Waals surface area contributed by atoms with E-state index >= 15 is 0 Å². The zero-order valence-corrected chi connectivity index (χ0v) is 16.1. The maximum Gasteiger partial charge on any atom is 0.224 e. The number of ether oxygens (including phenoxy) is 1. The van der Waals surface area contributed by atoms with Crippen LogP contribution in [-0.4, -0.2) is 36.3 Å². The lowest BCUT2D eigenvalue weighted by Crippen LogP contribution is -2.48. The van der Waals surface area contributed by atoms with Crippen LogP contribution in [-0.2, 0) is 11.2 Å². The lowest BCUT2D eigenvalue weighted by Gasteiger charge is -2.39. The van der Waals surface area contributed by atoms with E-state index in [9.17, 15) is 14.3 Å². The fourth-order valence-electron chi connectivity index (χ4n) is 3.77. The highest BCUT2D eigenvalue weighted by atomic mass is 35.5. The number of nitrogens with one attached hydrogen (secondary N) is 1. The van der Waals surface area contributed by atoms with Gasteiger partial charge in [-0.1, -0.05) is 17.7 Å². The third kappa shape index (κ3) is 3.93. The Morgan fingerprint density at radius 3 is 2.75 bits per heavy atom. The van der Waals surface area contributed by atoms with Crippen LogP contribution in [0.3, 0.4) is 0 Å². The van der Waals surface area contributed by atoms with E-state index in [1.807, 2.05) is 24.3 Å². The van der Waals surface area contributed by atoms with Crippen LogP contribution in [0, 0.1) is 5.82 Å². The Bertz CT molecular complexity index is 897. The average molecular weight is 405 g/mol. The van der Waals surface area contributed by atoms with Crippen LogP contribution in [0.5, 0.6) is 5.75 Å². The van der Waals surface area contributed by atoms with Gasteiger partial charge in [0.2, 0.25) is 5.91 Å². The Hall–Kier alpha value is -2.31. The van der Waals surface area contributed by atoms with Crippen molar-refractivity contribution in [1.29, 1.82) is 0 Å². The van der Waals surface area contributed by atoms with Crippen molar-refractivity contribution in [3.63, 3.8) is 0 Å². The van der Waals surface area contributed by atoms with E-state index in [0.29, 0.717) is 55.1 Å². The second kappa shape index (κ2) is 7.60. The summed E-state index contributed by atoms with van der Waals surface area (Å²) in [7, 11) is 0. The third-order valence-electron chi connectivity index (χ3n) is 5.45. The van der Waals surface area contributed by atoms with Crippen LogP contribution in [0.25, 0.3) is 0 Å². The minimum Gasteiger partial charge on any atom is -0.490 e. The fourth-order valence-corrected chi connectivity index (χ4v) is 3.95. The summed E-state index contributed by atoms with van der Waals surface area (Å²) < 4.78 is 19.9. The molecule has 0 aromatic heterocycles. The van der Waals surface area contributed by atoms with Gasteiger partial charge < -0.3 is 20.1 Å². The molecule has 0 unspecified atom stereocenters. The van der Waals surface area contributed by atoms with Crippen molar-refractivity contribution in [3.8, 4) is 5.75 Å². The Balaban J connectivity index is 1.41. The molecule has 2 aromatic rings. The van der Waals surface area contributed by atoms with Gasteiger partial charge in [-0.05, 0) is 49.6 Å². The number of carbonyl (C=O) groups excluding carboxylic acids is 1. The molecule has 0 radical (unpaired) electrons. The van der Waals surface area contributed by atoms with Crippen LogP contribution >= 0.6 is 11.6 Å². The second-order valence-electron chi connectivity index (χ2n) is 7.43. The lowest BCUT2D eigenvalue weighted by molar-refractivity contribution is -0.116. The van der Waals surface area contributed by atoms with Crippen LogP contribution in [0.2, 0.25) is 5.02 Å². The van der Waals surface area contributed by atoms with E-state index in [0.717, 1.165) is 5.69 Å². The molecule has 2 aliphatic rings. The number of anilines is 2. The number of aliphatic hydroxyl groups is 1. The van der Waals surface area contributed by atoms with Gasteiger partial charge in [0.05, 0.1) is 5.69 Å². The predicted octanol–water partition coefficient (Wildman–Crippen LogP) is 3.77. The van der Waals surface area contributed by atoms with E-state index < -0.39 is 11.4 Å². The molecule has 1 amide bonds. The molecule has 0 atom stereocenters. The van der Waals surface area contributed by atoms with Crippen molar-refractivity contribution in [1.82, 2.24) is 0 Å². The first-order chi connectivity index (χ1) is 13.4. The molecular formula is C21H22ClFN2O3. The summed E-state index contributed by atoms with van der Waals surface area (Å²) in [5.41, 5.74) is 0.934. The minimum absolute atomic E-state index is 0.127. The van der Waals surface area contributed by atoms with E-state index in [1.165, 1.54) is 6.07 Å². The molecule has 148 valence electrons. The molecule has 28 heavy (non-hydrogen) atoms. The summed E-state index contributed by atoms with van der Waals surface area (Å²) in [6, 6.07) is 10.5. The topological polar surface area (TPSA) is 61.8 Å². The quantitative estimate of drug-likeness (QED) is 0.814. The van der Waals surface area contributed by atoms with Crippen molar-refractivity contribution < 1.29 is 19.0 Å². The molecule has 0 spiro atoms. The fraction of sp³-hybridized carbons (Fsp3) is 0.381. The standard InChI is InChI=1S/C21H22ClFN2O3/c22-14-2-1-3-15(12-14)25-10-8-21(27,9-11-25)13-28-18-6-5-17(23)20-16(18)4-7-19(26)24-20/h1-3,5-6,12,27H,4,7-11,13H2,(H,24,26). The van der Waals surface area contributed by atoms with Gasteiger partial charge in [-0.2, -0.15) is 0 Å². The third-order valence-corrected chi connectivity index (χ3v) is 5.68. The summed E-state index contributed by atoms with van der Waals surface area (Å²) in [5.74, 6) is -0.151. The first-order valence-corrected chi connectivity index (χ1v) is 9.78. The second-order valence-corrected chi connectivity index (χ2v) is 7.86. The van der Waals surface area contributed by atoms with Crippen LogP contribution in [0.4, 0.5) is 15.8 Å². The molecule has 0 bridgehead atoms. The number of fused-ring (bicyclic) bond motifs is 1. The molecule has 2 aromatic carbocycles. The van der Waals surface area contributed by atoms with Crippen LogP contribution < -0.4 is 15.0 Å². The molecule has 2 N–H and O–H groups in total. The molecule has 2 heterocycles. The van der Waals surface area contributed by atoms with Gasteiger partial charge in [-0.15, -0.1) is 0 Å². The molecule has 1 saturated heterocycles. The number of hydrogen-bond donors (Lipinski definition) is 2. The van der Waals surface area contributed by atoms with E-state index in [-0.39, 0.29) is 18.2 Å². The summed E-state index contributed by atoms with van der Waals surface area (Å²) in [4.78, 5) is 13.7. The maximum atomic E-state index is 14.0. The Labute approximate surface area is 168 Å². The van der Waals surface area contributed by atoms with Gasteiger partial charge in [0.25, 0.3) is 0 Å². The molecule has 7 heteroatoms. The van der Waals surface area contributed by atoms with Gasteiger partial charge in [0.1, 0.15) is 23.8 Å². The number of amides is 1. The van der Waals surface area contributed by atoms with Gasteiger partial charge >= 0.3 is 0 Å². The van der Waals surface area contributed by atoms with E-state index in [1.54, 1.807) is 6.07 Å². The van der Waals surface area contributed by atoms with E-state index in [2.05, 4.69) is 10.2 Å². The number of rotatable bonds is 4. The summed E-state index contributed by atoms with van der Waals surface area (Å²) in [6.07, 6.45) is 1.83. The molecular weight excluding hydrogens is 383 g/mol. The highest BCUT2D eigenvalue weighted by Crippen LogP contribution is 2.35. The summed E-state index contributed by atoms with van der Waals surface area (Å²) >= 11 is 6.07. The monoisotopic (exact) mass is 404 g/mol. The van der Waals surface area contributed by atoms with Crippen LogP contribution in [0.15, 0.2) is 36.4 Å². The van der Waals surface area contributed by atoms with E-state index in [4.69, 9.17) is 16.3 Å². The number of nitrogens with zero attached hydrogens (tertiary/aromatic N) is 1. The molecule has 2 aliphatic heterocycles. The summed E-state index contributed by atoms with van der Waals surface area (Å²) in [6.45, 7) is 1.51. The number of piperidine rings is 1. The first kappa shape index (κ1) is 19.0. The maximum absolute atomic E-state index is 14.0. The van der Waals surface area contributed by atoms with Gasteiger partial charge in [-0.3, -0.25) is 4.79 Å². The van der Waals surface area contributed by atoms with Crippen molar-refractivity contribution in [2.75, 3.05) is 29.9 Å². The number of carbonyl (C=O) groups is 1. The number of hydrogen-bond acceptors (Lipinski definition) is 4. The highest BCUT2D eigenvalue weighted by molar-refractivity contribution is 6.30. The predicted molar refractivity (Wildman–Crippen MR) is 107 cm³/mol. The van der Waals surface area contributed by atoms with Crippen LogP contribution in [0.1, 0.15) is 24.8 Å². The lowest BCUT2D eigenvalue weighted by atomic mass is 9.92. The SMILES string of the molecule is O=C1CCc2c(OCC3(O)CCN(c4cccc(Cl)c4)CC3)ccc(F)c2N1. The van der Waals surface area contributed by atoms with Crippen molar-refractivity contribution in [3.05, 3.63) is 52.8 Å². The van der Waals surface area contributed by atoms with Gasteiger partial charge in [0.15, 0.2) is 0 Å². The average Bonchev–Trinajstić information content (AvgIpc) is 2.68. The smallest absolute Gasteiger partial charge is 0.224 e. The molecule has 0 saturated carbocycles.